The maximum absolute atomic E-state index is 12.8. The Hall–Kier alpha value is -7.13. The van der Waals surface area contributed by atoms with Crippen molar-refractivity contribution in [2.75, 3.05) is 13.1 Å². The Morgan fingerprint density at radius 3 is 1.75 bits per heavy atom. The Kier molecular flexibility index (Phi) is 26.3. The number of carboxylic acids is 3. The molecule has 5 atom stereocenters. The molecule has 2 fully saturated rings. The van der Waals surface area contributed by atoms with Crippen LogP contribution in [-0.2, 0) is 18.9 Å². The van der Waals surface area contributed by atoms with Gasteiger partial charge in [-0.3, -0.25) is 4.79 Å². The van der Waals surface area contributed by atoms with Crippen molar-refractivity contribution in [3.63, 3.8) is 0 Å². The molecule has 7 rings (SSSR count). The minimum Gasteiger partial charge on any atom is -0.478 e. The number of hydrogen-bond donors (Lipinski definition) is 4. The van der Waals surface area contributed by atoms with Crippen LogP contribution in [0.1, 0.15) is 155 Å². The summed E-state index contributed by atoms with van der Waals surface area (Å²) in [5.74, 6) is -3.65. The van der Waals surface area contributed by atoms with Gasteiger partial charge in [-0.15, -0.1) is 0 Å². The molecule has 15 heteroatoms. The molecule has 76 heavy (non-hydrogen) atoms. The van der Waals surface area contributed by atoms with E-state index in [9.17, 15) is 24.3 Å². The van der Waals surface area contributed by atoms with Crippen LogP contribution < -0.4 is 5.32 Å². The van der Waals surface area contributed by atoms with Crippen molar-refractivity contribution in [1.29, 1.82) is 0 Å². The predicted molar refractivity (Wildman–Crippen MR) is 300 cm³/mol. The topological polar surface area (TPSA) is 227 Å². The fraction of sp³-hybridized carbons (Fsp3) is 0.410. The SMILES string of the molecule is CC.Cc1cc(C)c(C(=O)O)c(/C=C/CC2OC(C)(C)O[C@@H]2C/C=C\CCN=[N+]=[N-])c1.Cc1cc(C)c2c(c1)/C=C/C[C@@H]1OC(C)(C)OC1C/C=C\[C@@H](C)CNC2=O.O=C(O)c1ccccc1.O=C(O)c1ccccc1. The van der Waals surface area contributed by atoms with E-state index in [2.05, 4.69) is 59.6 Å². The van der Waals surface area contributed by atoms with Crippen LogP contribution in [0, 0.1) is 33.6 Å². The highest BCUT2D eigenvalue weighted by atomic mass is 16.8. The Bertz CT molecular complexity index is 2640. The van der Waals surface area contributed by atoms with Gasteiger partial charge in [-0.05, 0) is 145 Å². The van der Waals surface area contributed by atoms with Gasteiger partial charge in [0.15, 0.2) is 11.6 Å². The van der Waals surface area contributed by atoms with Crippen LogP contribution in [0.2, 0.25) is 0 Å². The van der Waals surface area contributed by atoms with Gasteiger partial charge in [-0.25, -0.2) is 14.4 Å². The molecule has 3 aliphatic rings. The number of azide groups is 1. The minimum atomic E-state index is -0.924. The highest BCUT2D eigenvalue weighted by molar-refractivity contribution is 5.99. The van der Waals surface area contributed by atoms with E-state index in [1.54, 1.807) is 60.7 Å². The van der Waals surface area contributed by atoms with Gasteiger partial charge in [0, 0.05) is 23.6 Å². The van der Waals surface area contributed by atoms with E-state index in [1.165, 1.54) is 0 Å². The molecule has 2 unspecified atom stereocenters. The number of nitrogens with zero attached hydrogens (tertiary/aromatic N) is 3. The first-order chi connectivity index (χ1) is 36.1. The molecule has 4 aromatic rings. The summed E-state index contributed by atoms with van der Waals surface area (Å²) < 4.78 is 24.2. The summed E-state index contributed by atoms with van der Waals surface area (Å²) in [7, 11) is 0. The fourth-order valence-corrected chi connectivity index (χ4v) is 8.68. The Labute approximate surface area is 449 Å². The average molecular weight is 1040 g/mol. The number of ether oxygens (including phenoxy) is 4. The second kappa shape index (κ2) is 31.7. The van der Waals surface area contributed by atoms with E-state index in [0.29, 0.717) is 54.6 Å². The Morgan fingerprint density at radius 1 is 0.711 bits per heavy atom. The van der Waals surface area contributed by atoms with E-state index in [4.69, 9.17) is 34.7 Å². The molecule has 4 N–H and O–H groups in total. The van der Waals surface area contributed by atoms with Gasteiger partial charge < -0.3 is 39.6 Å². The molecule has 15 nitrogen and oxygen atoms in total. The standard InChI is InChI=1S/C23H31NO3.C22H29N3O4.2C7H6O2.C2H6/c1-15-8-6-10-19-20(27-23(4,5)26-19)11-7-9-18-13-16(2)12-17(3)21(18)22(25)24-14-15;1-15-13-16(2)20(21(26)27)17(14-15)9-8-11-19-18(28-22(3,4)29-19)10-6-5-7-12-24-25-23;2*8-7(9)6-4-2-1-3-5-6;1-2/h6-9,12-13,15,19-20H,10-11,14H2,1-5H3,(H,24,25);5-6,8-9,13-14,18-19H,7,10-12H2,1-4H3,(H,26,27);2*1-5H,(H,8,9);1-2H3/b8-6-,9-7+;6-5-,9-8+;;;/t15-,19?,20+;18-,19?;;;/m11.../s1. The summed E-state index contributed by atoms with van der Waals surface area (Å²) in [4.78, 5) is 47.5. The first-order valence-electron chi connectivity index (χ1n) is 25.8. The van der Waals surface area contributed by atoms with Crippen molar-refractivity contribution in [2.45, 2.75) is 144 Å². The number of carbonyl (C=O) groups excluding carboxylic acids is 1. The molecule has 0 spiro atoms. The maximum atomic E-state index is 12.8. The van der Waals surface area contributed by atoms with Crippen LogP contribution in [0.4, 0.5) is 0 Å². The molecule has 4 aromatic carbocycles. The zero-order chi connectivity index (χ0) is 56.4. The molecule has 1 amide bonds. The number of benzene rings is 4. The molecule has 0 aliphatic carbocycles. The first-order valence-corrected chi connectivity index (χ1v) is 25.8. The number of amides is 1. The number of aromatic carboxylic acids is 3. The summed E-state index contributed by atoms with van der Waals surface area (Å²) in [5, 5.41) is 32.9. The summed E-state index contributed by atoms with van der Waals surface area (Å²) >= 11 is 0. The zero-order valence-electron chi connectivity index (χ0n) is 46.0. The lowest BCUT2D eigenvalue weighted by Crippen LogP contribution is -2.29. The molecule has 3 aliphatic heterocycles. The van der Waals surface area contributed by atoms with Crippen molar-refractivity contribution >= 4 is 36.0 Å². The number of carboxylic acid groups (broad SMARTS) is 3. The summed E-state index contributed by atoms with van der Waals surface area (Å²) in [5.41, 5.74) is 15.6. The molecule has 0 aromatic heterocycles. The van der Waals surface area contributed by atoms with Gasteiger partial charge in [0.25, 0.3) is 5.91 Å². The van der Waals surface area contributed by atoms with E-state index >= 15 is 0 Å². The summed E-state index contributed by atoms with van der Waals surface area (Å²) in [6, 6.07) is 24.5. The summed E-state index contributed by atoms with van der Waals surface area (Å²) in [6.45, 7) is 22.7. The van der Waals surface area contributed by atoms with E-state index in [-0.39, 0.29) is 36.2 Å². The molecular formula is C61H78N4O11. The second-order valence-electron chi connectivity index (χ2n) is 19.2. The van der Waals surface area contributed by atoms with Crippen LogP contribution in [-0.4, -0.2) is 88.2 Å². The van der Waals surface area contributed by atoms with Crippen LogP contribution in [0.25, 0.3) is 22.6 Å². The second-order valence-corrected chi connectivity index (χ2v) is 19.2. The van der Waals surface area contributed by atoms with Gasteiger partial charge in [0.2, 0.25) is 0 Å². The molecule has 0 saturated carbocycles. The van der Waals surface area contributed by atoms with E-state index < -0.39 is 29.5 Å². The Balaban J connectivity index is 0.000000295. The minimum absolute atomic E-state index is 0.0103. The van der Waals surface area contributed by atoms with Crippen LogP contribution in [0.5, 0.6) is 0 Å². The molecule has 408 valence electrons. The smallest absolute Gasteiger partial charge is 0.336 e. The fourth-order valence-electron chi connectivity index (χ4n) is 8.68. The van der Waals surface area contributed by atoms with Crippen LogP contribution in [0.15, 0.2) is 126 Å². The normalized spacial score (nSPS) is 21.0. The average Bonchev–Trinajstić information content (AvgIpc) is 3.83. The van der Waals surface area contributed by atoms with E-state index in [0.717, 1.165) is 46.2 Å². The molecule has 0 radical (unpaired) electrons. The van der Waals surface area contributed by atoms with Gasteiger partial charge in [-0.1, -0.05) is 146 Å². The molecule has 0 bridgehead atoms. The number of aryl methyl sites for hydroxylation is 4. The zero-order valence-corrected chi connectivity index (χ0v) is 46.0. The lowest BCUT2D eigenvalue weighted by molar-refractivity contribution is -0.146. The highest BCUT2D eigenvalue weighted by Gasteiger charge is 2.41. The predicted octanol–water partition coefficient (Wildman–Crippen LogP) is 13.9. The highest BCUT2D eigenvalue weighted by Crippen LogP contribution is 2.34. The van der Waals surface area contributed by atoms with Crippen molar-refractivity contribution in [2.24, 2.45) is 11.0 Å². The monoisotopic (exact) mass is 1040 g/mol. The van der Waals surface area contributed by atoms with Gasteiger partial charge in [-0.2, -0.15) is 0 Å². The van der Waals surface area contributed by atoms with Crippen molar-refractivity contribution in [3.8, 4) is 0 Å². The van der Waals surface area contributed by atoms with Crippen molar-refractivity contribution in [1.82, 2.24) is 5.32 Å². The summed E-state index contributed by atoms with van der Waals surface area (Å²) in [6.07, 6.45) is 19.7. The number of nitrogens with one attached hydrogen (secondary N) is 1. The maximum Gasteiger partial charge on any atom is 0.336 e. The van der Waals surface area contributed by atoms with Crippen LogP contribution in [0.3, 0.4) is 0 Å². The number of rotatable bonds is 11. The molecular weight excluding hydrogens is 965 g/mol. The largest absolute Gasteiger partial charge is 0.478 e. The first kappa shape index (κ1) is 63.2. The quantitative estimate of drug-likeness (QED) is 0.0363. The molecule has 2 saturated heterocycles. The van der Waals surface area contributed by atoms with Gasteiger partial charge in [0.05, 0.1) is 41.1 Å². The molecule has 3 heterocycles. The van der Waals surface area contributed by atoms with E-state index in [1.807, 2.05) is 105 Å². The van der Waals surface area contributed by atoms with Crippen molar-refractivity contribution in [3.05, 3.63) is 187 Å². The number of carbonyl (C=O) groups is 4. The van der Waals surface area contributed by atoms with Gasteiger partial charge >= 0.3 is 17.9 Å². The lowest BCUT2D eigenvalue weighted by atomic mass is 9.96. The lowest BCUT2D eigenvalue weighted by Gasteiger charge is -2.16. The number of hydrogen-bond acceptors (Lipinski definition) is 9. The third-order valence-electron chi connectivity index (χ3n) is 11.8. The Morgan fingerprint density at radius 2 is 1.22 bits per heavy atom. The van der Waals surface area contributed by atoms with Gasteiger partial charge in [0.1, 0.15) is 0 Å². The number of fused-ring (bicyclic) bond motifs is 2. The van der Waals surface area contributed by atoms with Crippen LogP contribution >= 0.6 is 0 Å². The third kappa shape index (κ3) is 21.6. The third-order valence-corrected chi connectivity index (χ3v) is 11.8. The van der Waals surface area contributed by atoms with Crippen molar-refractivity contribution < 1.29 is 53.4 Å².